The van der Waals surface area contributed by atoms with E-state index in [1.165, 1.54) is 20.8 Å². The second kappa shape index (κ2) is 6.91. The smallest absolute Gasteiger partial charge is 0.0469 e. The molecule has 0 amide bonds. The highest BCUT2D eigenvalue weighted by Crippen LogP contribution is 2.36. The molecule has 112 valence electrons. The average molecular weight is 348 g/mol. The first-order chi connectivity index (χ1) is 10.3. The van der Waals surface area contributed by atoms with Gasteiger partial charge in [-0.25, -0.2) is 0 Å². The van der Waals surface area contributed by atoms with Crippen LogP contribution in [0.25, 0.3) is 10.8 Å². The first-order valence-electron chi connectivity index (χ1n) is 7.79. The van der Waals surface area contributed by atoms with Crippen molar-refractivity contribution in [3.63, 3.8) is 0 Å². The van der Waals surface area contributed by atoms with Gasteiger partial charge in [-0.3, -0.25) is 0 Å². The lowest BCUT2D eigenvalue weighted by atomic mass is 9.85. The molecule has 0 saturated carbocycles. The summed E-state index contributed by atoms with van der Waals surface area (Å²) < 4.78 is 6.71. The molecule has 0 radical (unpaired) electrons. The van der Waals surface area contributed by atoms with Crippen LogP contribution in [0.4, 0.5) is 0 Å². The first-order valence-corrected chi connectivity index (χ1v) is 8.59. The minimum atomic E-state index is 0.414. The highest BCUT2D eigenvalue weighted by Gasteiger charge is 2.26. The first kappa shape index (κ1) is 15.0. The maximum absolute atomic E-state index is 5.54. The van der Waals surface area contributed by atoms with E-state index in [-0.39, 0.29) is 0 Å². The molecule has 1 heterocycles. The molecule has 0 aliphatic carbocycles. The number of benzene rings is 2. The Balaban J connectivity index is 2.04. The topological polar surface area (TPSA) is 21.3 Å². The summed E-state index contributed by atoms with van der Waals surface area (Å²) in [6.07, 6.45) is 2.28. The third kappa shape index (κ3) is 3.15. The maximum Gasteiger partial charge on any atom is 0.0469 e. The molecule has 1 atom stereocenters. The van der Waals surface area contributed by atoms with Gasteiger partial charge in [-0.05, 0) is 47.7 Å². The van der Waals surface area contributed by atoms with Crippen molar-refractivity contribution >= 4 is 26.7 Å². The number of fused-ring (bicyclic) bond motifs is 1. The molecule has 2 aromatic rings. The van der Waals surface area contributed by atoms with Crippen LogP contribution >= 0.6 is 15.9 Å². The zero-order valence-corrected chi connectivity index (χ0v) is 14.0. The highest BCUT2D eigenvalue weighted by atomic mass is 79.9. The highest BCUT2D eigenvalue weighted by molar-refractivity contribution is 9.10. The van der Waals surface area contributed by atoms with E-state index < -0.39 is 0 Å². The molecule has 0 aromatic heterocycles. The van der Waals surface area contributed by atoms with Gasteiger partial charge in [0.15, 0.2) is 0 Å². The molecule has 0 spiro atoms. The van der Waals surface area contributed by atoms with E-state index in [0.717, 1.165) is 32.6 Å². The largest absolute Gasteiger partial charge is 0.381 e. The third-order valence-corrected chi connectivity index (χ3v) is 5.09. The van der Waals surface area contributed by atoms with Crippen LogP contribution in [-0.4, -0.2) is 19.8 Å². The number of ether oxygens (including phenoxy) is 1. The van der Waals surface area contributed by atoms with Crippen molar-refractivity contribution in [2.75, 3.05) is 19.8 Å². The molecular weight excluding hydrogens is 326 g/mol. The predicted molar refractivity (Wildman–Crippen MR) is 91.6 cm³/mol. The zero-order chi connectivity index (χ0) is 14.7. The summed E-state index contributed by atoms with van der Waals surface area (Å²) in [6.45, 7) is 4.96. The number of nitrogens with one attached hydrogen (secondary N) is 1. The molecule has 3 heteroatoms. The van der Waals surface area contributed by atoms with Crippen LogP contribution in [0.3, 0.4) is 0 Å². The Morgan fingerprint density at radius 1 is 1.14 bits per heavy atom. The molecule has 1 saturated heterocycles. The van der Waals surface area contributed by atoms with Gasteiger partial charge in [-0.2, -0.15) is 0 Å². The standard InChI is InChI=1S/C18H22BrNO/c1-2-20-18(13-9-11-21-12-10-13)16-7-8-17(19)15-6-4-3-5-14(15)16/h3-8,13,18,20H,2,9-12H2,1H3. The van der Waals surface area contributed by atoms with Crippen molar-refractivity contribution < 1.29 is 4.74 Å². The summed E-state index contributed by atoms with van der Waals surface area (Å²) in [5.74, 6) is 0.656. The van der Waals surface area contributed by atoms with Crippen molar-refractivity contribution in [1.82, 2.24) is 5.32 Å². The van der Waals surface area contributed by atoms with Gasteiger partial charge < -0.3 is 10.1 Å². The summed E-state index contributed by atoms with van der Waals surface area (Å²) in [4.78, 5) is 0. The van der Waals surface area contributed by atoms with Crippen molar-refractivity contribution in [2.45, 2.75) is 25.8 Å². The molecule has 2 nitrogen and oxygen atoms in total. The van der Waals surface area contributed by atoms with Gasteiger partial charge in [0.25, 0.3) is 0 Å². The van der Waals surface area contributed by atoms with Gasteiger partial charge in [-0.15, -0.1) is 0 Å². The van der Waals surface area contributed by atoms with Gasteiger partial charge >= 0.3 is 0 Å². The summed E-state index contributed by atoms with van der Waals surface area (Å²) in [5, 5.41) is 6.36. The van der Waals surface area contributed by atoms with E-state index in [1.54, 1.807) is 0 Å². The minimum Gasteiger partial charge on any atom is -0.381 e. The second-order valence-electron chi connectivity index (χ2n) is 5.67. The van der Waals surface area contributed by atoms with Crippen LogP contribution in [0.15, 0.2) is 40.9 Å². The Labute approximate surface area is 135 Å². The van der Waals surface area contributed by atoms with Crippen molar-refractivity contribution in [3.8, 4) is 0 Å². The monoisotopic (exact) mass is 347 g/mol. The fourth-order valence-electron chi connectivity index (χ4n) is 3.36. The molecule has 1 aliphatic rings. The zero-order valence-electron chi connectivity index (χ0n) is 12.4. The molecule has 1 N–H and O–H groups in total. The number of hydrogen-bond acceptors (Lipinski definition) is 2. The van der Waals surface area contributed by atoms with Crippen LogP contribution in [0.2, 0.25) is 0 Å². The predicted octanol–water partition coefficient (Wildman–Crippen LogP) is 4.68. The van der Waals surface area contributed by atoms with Gasteiger partial charge in [0.1, 0.15) is 0 Å². The van der Waals surface area contributed by atoms with E-state index in [2.05, 4.69) is 64.6 Å². The summed E-state index contributed by atoms with van der Waals surface area (Å²) in [6, 6.07) is 13.5. The molecule has 1 fully saturated rings. The Morgan fingerprint density at radius 2 is 1.86 bits per heavy atom. The van der Waals surface area contributed by atoms with Crippen molar-refractivity contribution in [2.24, 2.45) is 5.92 Å². The van der Waals surface area contributed by atoms with E-state index >= 15 is 0 Å². The molecule has 21 heavy (non-hydrogen) atoms. The third-order valence-electron chi connectivity index (χ3n) is 4.40. The molecule has 3 rings (SSSR count). The molecule has 1 unspecified atom stereocenters. The average Bonchev–Trinajstić information content (AvgIpc) is 2.55. The van der Waals surface area contributed by atoms with Gasteiger partial charge in [0.2, 0.25) is 0 Å². The Kier molecular flexibility index (Phi) is 4.94. The lowest BCUT2D eigenvalue weighted by Crippen LogP contribution is -2.32. The fraction of sp³-hybridized carbons (Fsp3) is 0.444. The van der Waals surface area contributed by atoms with Gasteiger partial charge in [0, 0.05) is 23.7 Å². The second-order valence-corrected chi connectivity index (χ2v) is 6.52. The summed E-state index contributed by atoms with van der Waals surface area (Å²) in [5.41, 5.74) is 1.42. The van der Waals surface area contributed by atoms with E-state index in [4.69, 9.17) is 4.74 Å². The van der Waals surface area contributed by atoms with Crippen LogP contribution < -0.4 is 5.32 Å². The van der Waals surface area contributed by atoms with Crippen LogP contribution in [-0.2, 0) is 4.74 Å². The summed E-state index contributed by atoms with van der Waals surface area (Å²) >= 11 is 3.67. The maximum atomic E-state index is 5.54. The van der Waals surface area contributed by atoms with Crippen molar-refractivity contribution in [3.05, 3.63) is 46.4 Å². The Morgan fingerprint density at radius 3 is 2.57 bits per heavy atom. The SMILES string of the molecule is CCNC(c1ccc(Br)c2ccccc12)C1CCOCC1. The van der Waals surface area contributed by atoms with Crippen molar-refractivity contribution in [1.29, 1.82) is 0 Å². The number of rotatable bonds is 4. The lowest BCUT2D eigenvalue weighted by Gasteiger charge is -2.32. The minimum absolute atomic E-state index is 0.414. The van der Waals surface area contributed by atoms with E-state index in [0.29, 0.717) is 12.0 Å². The molecular formula is C18H22BrNO. The van der Waals surface area contributed by atoms with Crippen LogP contribution in [0.1, 0.15) is 31.4 Å². The fourth-order valence-corrected chi connectivity index (χ4v) is 3.83. The normalized spacial score (nSPS) is 18.0. The number of hydrogen-bond donors (Lipinski definition) is 1. The van der Waals surface area contributed by atoms with E-state index in [1.807, 2.05) is 0 Å². The van der Waals surface area contributed by atoms with Crippen LogP contribution in [0, 0.1) is 5.92 Å². The molecule has 1 aliphatic heterocycles. The molecule has 2 aromatic carbocycles. The van der Waals surface area contributed by atoms with Gasteiger partial charge in [0.05, 0.1) is 0 Å². The van der Waals surface area contributed by atoms with Gasteiger partial charge in [-0.1, -0.05) is 53.2 Å². The Hall–Kier alpha value is -0.900. The Bertz CT molecular complexity index is 607. The van der Waals surface area contributed by atoms with E-state index in [9.17, 15) is 0 Å². The van der Waals surface area contributed by atoms with Crippen LogP contribution in [0.5, 0.6) is 0 Å². The number of halogens is 1. The molecule has 0 bridgehead atoms. The summed E-state index contributed by atoms with van der Waals surface area (Å²) in [7, 11) is 0. The quantitative estimate of drug-likeness (QED) is 0.866. The lowest BCUT2D eigenvalue weighted by molar-refractivity contribution is 0.0540.